The van der Waals surface area contributed by atoms with Gasteiger partial charge in [-0.2, -0.15) is 4.99 Å². The number of carbonyl (C=O) groups excluding carboxylic acids is 1. The van der Waals surface area contributed by atoms with Crippen LogP contribution in [0.1, 0.15) is 13.3 Å². The van der Waals surface area contributed by atoms with Crippen LogP contribution in [0.3, 0.4) is 0 Å². The Balaban J connectivity index is 2.48. The summed E-state index contributed by atoms with van der Waals surface area (Å²) >= 11 is 1.21. The number of hydrogen-bond donors (Lipinski definition) is 2. The van der Waals surface area contributed by atoms with Crippen LogP contribution in [0, 0.1) is 0 Å². The molecule has 0 aliphatic heterocycles. The second-order valence-electron chi connectivity index (χ2n) is 4.31. The van der Waals surface area contributed by atoms with Gasteiger partial charge in [0, 0.05) is 11.8 Å². The number of amides is 1. The molecule has 118 valence electrons. The highest BCUT2D eigenvalue weighted by atomic mass is 32.1. The number of thiazole rings is 1. The predicted molar refractivity (Wildman–Crippen MR) is 81.7 cm³/mol. The Morgan fingerprint density at radius 2 is 2.05 bits per heavy atom. The Morgan fingerprint density at radius 3 is 2.64 bits per heavy atom. The molecule has 0 aliphatic rings. The second-order valence-corrected chi connectivity index (χ2v) is 6.38. The van der Waals surface area contributed by atoms with Crippen molar-refractivity contribution in [3.05, 3.63) is 40.5 Å². The Labute approximate surface area is 130 Å². The van der Waals surface area contributed by atoms with Gasteiger partial charge >= 0.3 is 7.82 Å². The summed E-state index contributed by atoms with van der Waals surface area (Å²) in [6.45, 7) is 1.29. The first-order chi connectivity index (χ1) is 10.4. The Bertz CT molecular complexity index is 762. The molecule has 0 bridgehead atoms. The highest BCUT2D eigenvalue weighted by Gasteiger charge is 2.16. The highest BCUT2D eigenvalue weighted by molar-refractivity contribution is 7.46. The molecule has 2 N–H and O–H groups in total. The molecule has 0 spiro atoms. The van der Waals surface area contributed by atoms with E-state index >= 15 is 0 Å². The quantitative estimate of drug-likeness (QED) is 0.811. The number of nitrogens with zero attached hydrogens (tertiary/aromatic N) is 2. The summed E-state index contributed by atoms with van der Waals surface area (Å²) in [5, 5.41) is 1.76. The summed E-state index contributed by atoms with van der Waals surface area (Å²) < 4.78 is 17.0. The Morgan fingerprint density at radius 1 is 1.36 bits per heavy atom. The lowest BCUT2D eigenvalue weighted by Crippen LogP contribution is -2.19. The number of carbonyl (C=O) groups is 1. The van der Waals surface area contributed by atoms with Gasteiger partial charge in [-0.3, -0.25) is 13.9 Å². The van der Waals surface area contributed by atoms with Crippen molar-refractivity contribution in [2.24, 2.45) is 4.99 Å². The average molecular weight is 342 g/mol. The maximum absolute atomic E-state index is 11.5. The van der Waals surface area contributed by atoms with E-state index in [4.69, 9.17) is 9.79 Å². The van der Waals surface area contributed by atoms with Gasteiger partial charge < -0.3 is 9.79 Å². The second kappa shape index (κ2) is 7.13. The zero-order valence-electron chi connectivity index (χ0n) is 11.7. The van der Waals surface area contributed by atoms with E-state index in [-0.39, 0.29) is 12.3 Å². The molecule has 1 aromatic heterocycles. The number of phosphoric ester groups is 1. The number of phosphoric acid groups is 1. The fraction of sp³-hybridized carbons (Fsp3) is 0.231. The molecular formula is C13H15N2O5PS. The SMILES string of the molecule is CCC(=O)N=c1scc(-c2ccccc2)n1COP(=O)(O)O. The first-order valence-electron chi connectivity index (χ1n) is 6.42. The van der Waals surface area contributed by atoms with E-state index in [0.29, 0.717) is 10.5 Å². The molecule has 22 heavy (non-hydrogen) atoms. The van der Waals surface area contributed by atoms with Gasteiger partial charge in [0.15, 0.2) is 4.80 Å². The molecule has 1 aromatic carbocycles. The summed E-state index contributed by atoms with van der Waals surface area (Å²) in [5.41, 5.74) is 1.50. The number of benzene rings is 1. The van der Waals surface area contributed by atoms with Crippen molar-refractivity contribution >= 4 is 25.1 Å². The number of hydrogen-bond acceptors (Lipinski definition) is 4. The zero-order valence-corrected chi connectivity index (χ0v) is 13.5. The fourth-order valence-electron chi connectivity index (χ4n) is 1.70. The molecule has 9 heteroatoms. The predicted octanol–water partition coefficient (Wildman–Crippen LogP) is 2.12. The zero-order chi connectivity index (χ0) is 16.2. The van der Waals surface area contributed by atoms with Gasteiger partial charge in [0.2, 0.25) is 5.91 Å². The largest absolute Gasteiger partial charge is 0.471 e. The molecular weight excluding hydrogens is 327 g/mol. The van der Waals surface area contributed by atoms with E-state index < -0.39 is 14.6 Å². The van der Waals surface area contributed by atoms with Crippen molar-refractivity contribution in [1.82, 2.24) is 4.57 Å². The van der Waals surface area contributed by atoms with Gasteiger partial charge in [0.1, 0.15) is 6.73 Å². The van der Waals surface area contributed by atoms with Gasteiger partial charge in [-0.05, 0) is 5.56 Å². The molecule has 0 radical (unpaired) electrons. The van der Waals surface area contributed by atoms with Crippen molar-refractivity contribution < 1.29 is 23.7 Å². The molecule has 0 unspecified atom stereocenters. The lowest BCUT2D eigenvalue weighted by atomic mass is 10.2. The van der Waals surface area contributed by atoms with Crippen molar-refractivity contribution in [1.29, 1.82) is 0 Å². The minimum absolute atomic E-state index is 0.248. The summed E-state index contributed by atoms with van der Waals surface area (Å²) in [6, 6.07) is 9.24. The monoisotopic (exact) mass is 342 g/mol. The molecule has 1 amide bonds. The first-order valence-corrected chi connectivity index (χ1v) is 8.83. The standard InChI is InChI=1S/C13H15N2O5PS/c1-2-12(16)14-13-15(9-20-21(17,18)19)11(8-22-13)10-6-4-3-5-7-10/h3-8H,2,9H2,1H3,(H2,17,18,19). The minimum Gasteiger partial charge on any atom is -0.303 e. The van der Waals surface area contributed by atoms with Crippen LogP contribution in [0.5, 0.6) is 0 Å². The van der Waals surface area contributed by atoms with Crippen molar-refractivity contribution in [2.75, 3.05) is 0 Å². The first kappa shape index (κ1) is 16.8. The van der Waals surface area contributed by atoms with Crippen LogP contribution in [-0.4, -0.2) is 20.3 Å². The van der Waals surface area contributed by atoms with Gasteiger partial charge in [0.05, 0.1) is 5.69 Å². The normalized spacial score (nSPS) is 12.6. The molecule has 2 rings (SSSR count). The molecule has 0 saturated carbocycles. The van der Waals surface area contributed by atoms with E-state index in [1.54, 1.807) is 12.3 Å². The van der Waals surface area contributed by atoms with Crippen molar-refractivity contribution in [3.8, 4) is 11.3 Å². The Hall–Kier alpha value is -1.57. The third-order valence-electron chi connectivity index (χ3n) is 2.75. The lowest BCUT2D eigenvalue weighted by Gasteiger charge is -2.10. The van der Waals surface area contributed by atoms with Crippen molar-refractivity contribution in [2.45, 2.75) is 20.1 Å². The summed E-state index contributed by atoms with van der Waals surface area (Å²) in [6.07, 6.45) is 0.248. The Kier molecular flexibility index (Phi) is 5.44. The minimum atomic E-state index is -4.62. The van der Waals surface area contributed by atoms with Gasteiger partial charge in [-0.1, -0.05) is 37.3 Å². The van der Waals surface area contributed by atoms with E-state index in [1.807, 2.05) is 30.3 Å². The fourth-order valence-corrected chi connectivity index (χ4v) is 2.88. The van der Waals surface area contributed by atoms with Gasteiger partial charge in [-0.25, -0.2) is 4.57 Å². The number of aromatic nitrogens is 1. The van der Waals surface area contributed by atoms with E-state index in [2.05, 4.69) is 9.52 Å². The summed E-state index contributed by atoms with van der Waals surface area (Å²) in [7, 11) is -4.62. The maximum atomic E-state index is 11.5. The van der Waals surface area contributed by atoms with Crippen LogP contribution >= 0.6 is 19.2 Å². The van der Waals surface area contributed by atoms with Crippen LogP contribution in [0.25, 0.3) is 11.3 Å². The molecule has 2 aromatic rings. The summed E-state index contributed by atoms with van der Waals surface area (Å²) in [5.74, 6) is -0.314. The molecule has 0 atom stereocenters. The van der Waals surface area contributed by atoms with Gasteiger partial charge in [-0.15, -0.1) is 11.3 Å². The lowest BCUT2D eigenvalue weighted by molar-refractivity contribution is -0.117. The summed E-state index contributed by atoms with van der Waals surface area (Å²) in [4.78, 5) is 33.5. The molecule has 7 nitrogen and oxygen atoms in total. The third kappa shape index (κ3) is 4.46. The van der Waals surface area contributed by atoms with Crippen LogP contribution < -0.4 is 4.80 Å². The molecule has 1 heterocycles. The van der Waals surface area contributed by atoms with Crippen LogP contribution in [0.4, 0.5) is 0 Å². The molecule has 0 fully saturated rings. The average Bonchev–Trinajstić information content (AvgIpc) is 2.88. The topological polar surface area (TPSA) is 101 Å². The third-order valence-corrected chi connectivity index (χ3v) is 4.06. The molecule has 0 saturated heterocycles. The number of rotatable bonds is 5. The van der Waals surface area contributed by atoms with E-state index in [0.717, 1.165) is 5.56 Å². The van der Waals surface area contributed by atoms with Crippen LogP contribution in [0.2, 0.25) is 0 Å². The van der Waals surface area contributed by atoms with Gasteiger partial charge in [0.25, 0.3) is 0 Å². The highest BCUT2D eigenvalue weighted by Crippen LogP contribution is 2.36. The maximum Gasteiger partial charge on any atom is 0.471 e. The molecule has 0 aliphatic carbocycles. The van der Waals surface area contributed by atoms with Crippen LogP contribution in [0.15, 0.2) is 40.7 Å². The smallest absolute Gasteiger partial charge is 0.303 e. The van der Waals surface area contributed by atoms with Crippen LogP contribution in [-0.2, 0) is 20.6 Å². The van der Waals surface area contributed by atoms with E-state index in [9.17, 15) is 9.36 Å². The van der Waals surface area contributed by atoms with Crippen molar-refractivity contribution in [3.63, 3.8) is 0 Å². The van der Waals surface area contributed by atoms with E-state index in [1.165, 1.54) is 15.9 Å².